The number of nitrogens with one attached hydrogen (secondary N) is 2. The molecule has 33 heavy (non-hydrogen) atoms. The zero-order chi connectivity index (χ0) is 24.1. The van der Waals surface area contributed by atoms with Crippen molar-refractivity contribution >= 4 is 23.8 Å². The van der Waals surface area contributed by atoms with Crippen molar-refractivity contribution in [1.29, 1.82) is 0 Å². The fourth-order valence-electron chi connectivity index (χ4n) is 3.16. The molecule has 2 rings (SSSR count). The largest absolute Gasteiger partial charge is 0.463 e. The first-order valence-corrected chi connectivity index (χ1v) is 11.1. The lowest BCUT2D eigenvalue weighted by molar-refractivity contribution is -0.155. The summed E-state index contributed by atoms with van der Waals surface area (Å²) in [5.41, 5.74) is 0.775. The highest BCUT2D eigenvalue weighted by Gasteiger charge is 2.29. The first-order valence-electron chi connectivity index (χ1n) is 11.1. The number of hydrogen-bond donors (Lipinski definition) is 3. The summed E-state index contributed by atoms with van der Waals surface area (Å²) < 4.78 is 10.5. The van der Waals surface area contributed by atoms with Crippen LogP contribution in [0.4, 0.5) is 0 Å². The minimum Gasteiger partial charge on any atom is -0.463 e. The average molecular weight is 461 g/mol. The highest BCUT2D eigenvalue weighted by molar-refractivity contribution is 5.89. The van der Waals surface area contributed by atoms with Gasteiger partial charge in [0.1, 0.15) is 13.2 Å². The van der Waals surface area contributed by atoms with Crippen molar-refractivity contribution in [3.63, 3.8) is 0 Å². The predicted octanol–water partition coefficient (Wildman–Crippen LogP) is 1.39. The molecule has 0 bridgehead atoms. The van der Waals surface area contributed by atoms with Crippen LogP contribution in [-0.2, 0) is 35.3 Å². The Morgan fingerprint density at radius 1 is 1.24 bits per heavy atom. The van der Waals surface area contributed by atoms with Gasteiger partial charge in [0.2, 0.25) is 11.8 Å². The monoisotopic (exact) mass is 460 g/mol. The van der Waals surface area contributed by atoms with E-state index in [1.54, 1.807) is 25.1 Å². The van der Waals surface area contributed by atoms with Crippen LogP contribution < -0.4 is 10.6 Å². The van der Waals surface area contributed by atoms with E-state index >= 15 is 0 Å². The molecule has 1 aliphatic rings. The molecular weight excluding hydrogens is 428 g/mol. The maximum Gasteiger partial charge on any atom is 0.332 e. The van der Waals surface area contributed by atoms with Gasteiger partial charge in [-0.15, -0.1) is 0 Å². The van der Waals surface area contributed by atoms with Gasteiger partial charge in [0.25, 0.3) is 0 Å². The third-order valence-corrected chi connectivity index (χ3v) is 5.06. The zero-order valence-electron chi connectivity index (χ0n) is 18.8. The van der Waals surface area contributed by atoms with Crippen LogP contribution in [0.1, 0.15) is 44.6 Å². The minimum absolute atomic E-state index is 0.00755. The molecular formula is C24H32N2O7. The summed E-state index contributed by atoms with van der Waals surface area (Å²) in [4.78, 5) is 49.9. The molecule has 180 valence electrons. The number of aliphatic hydroxyl groups excluding tert-OH is 1. The summed E-state index contributed by atoms with van der Waals surface area (Å²) in [6, 6.07) is 7.42. The van der Waals surface area contributed by atoms with Crippen LogP contribution >= 0.6 is 0 Å². The van der Waals surface area contributed by atoms with Crippen molar-refractivity contribution in [1.82, 2.24) is 10.6 Å². The molecule has 0 fully saturated rings. The predicted molar refractivity (Wildman–Crippen MR) is 120 cm³/mol. The van der Waals surface area contributed by atoms with Gasteiger partial charge in [0, 0.05) is 18.9 Å². The molecule has 0 spiro atoms. The molecule has 9 heteroatoms. The Balaban J connectivity index is 2.10. The number of hydrogen-bond acceptors (Lipinski definition) is 7. The maximum absolute atomic E-state index is 13.0. The molecule has 0 saturated heterocycles. The molecule has 0 radical (unpaired) electrons. The van der Waals surface area contributed by atoms with Crippen molar-refractivity contribution in [2.75, 3.05) is 13.2 Å². The highest BCUT2D eigenvalue weighted by Crippen LogP contribution is 2.13. The number of cyclic esters (lactones) is 1. The molecule has 0 saturated carbocycles. The van der Waals surface area contributed by atoms with Crippen molar-refractivity contribution in [3.8, 4) is 0 Å². The summed E-state index contributed by atoms with van der Waals surface area (Å²) in [5.74, 6) is -2.85. The lowest BCUT2D eigenvalue weighted by Crippen LogP contribution is -2.48. The molecule has 3 atom stereocenters. The number of rotatable bonds is 7. The molecule has 1 aromatic rings. The van der Waals surface area contributed by atoms with Crippen LogP contribution in [-0.4, -0.2) is 54.2 Å². The van der Waals surface area contributed by atoms with E-state index in [2.05, 4.69) is 10.6 Å². The number of ether oxygens (including phenoxy) is 2. The van der Waals surface area contributed by atoms with Gasteiger partial charge in [-0.2, -0.15) is 0 Å². The topological polar surface area (TPSA) is 131 Å². The van der Waals surface area contributed by atoms with E-state index in [1.165, 1.54) is 0 Å². The number of esters is 2. The van der Waals surface area contributed by atoms with E-state index in [4.69, 9.17) is 14.6 Å². The molecule has 2 amide bonds. The maximum atomic E-state index is 13.0. The van der Waals surface area contributed by atoms with Gasteiger partial charge in [-0.1, -0.05) is 42.5 Å². The molecule has 1 heterocycles. The summed E-state index contributed by atoms with van der Waals surface area (Å²) in [7, 11) is 0. The Kier molecular flexibility index (Phi) is 11.1. The second-order valence-corrected chi connectivity index (χ2v) is 7.99. The lowest BCUT2D eigenvalue weighted by atomic mass is 9.98. The fourth-order valence-corrected chi connectivity index (χ4v) is 3.16. The Hall–Kier alpha value is -3.20. The van der Waals surface area contributed by atoms with Gasteiger partial charge in [-0.25, -0.2) is 4.79 Å². The number of allylic oxidation sites excluding steroid dienone is 2. The Morgan fingerprint density at radius 3 is 2.73 bits per heavy atom. The summed E-state index contributed by atoms with van der Waals surface area (Å²) in [6.45, 7) is 1.08. The Morgan fingerprint density at radius 2 is 2.00 bits per heavy atom. The van der Waals surface area contributed by atoms with Crippen molar-refractivity contribution < 1.29 is 33.8 Å². The number of benzene rings is 1. The molecule has 9 nitrogen and oxygen atoms in total. The normalized spacial score (nSPS) is 20.8. The molecule has 3 N–H and O–H groups in total. The van der Waals surface area contributed by atoms with E-state index < -0.39 is 35.8 Å². The smallest absolute Gasteiger partial charge is 0.332 e. The van der Waals surface area contributed by atoms with Crippen LogP contribution in [0.2, 0.25) is 0 Å². The van der Waals surface area contributed by atoms with E-state index in [9.17, 15) is 19.2 Å². The SMILES string of the molecule is CC(CO)NC(=O)CC1CC=CCCCC(=O)OCC(C(=O)OCc2ccccc2)NC1=O. The van der Waals surface area contributed by atoms with Gasteiger partial charge in [0.05, 0.1) is 12.5 Å². The number of aliphatic hydroxyl groups is 1. The van der Waals surface area contributed by atoms with Crippen molar-refractivity contribution in [2.24, 2.45) is 5.92 Å². The third kappa shape index (κ3) is 9.86. The van der Waals surface area contributed by atoms with Crippen molar-refractivity contribution in [2.45, 2.75) is 57.7 Å². The van der Waals surface area contributed by atoms with Gasteiger partial charge in [-0.3, -0.25) is 14.4 Å². The molecule has 1 aromatic carbocycles. The first-order chi connectivity index (χ1) is 15.9. The highest BCUT2D eigenvalue weighted by atomic mass is 16.6. The minimum atomic E-state index is -1.20. The van der Waals surface area contributed by atoms with E-state index in [1.807, 2.05) is 24.3 Å². The molecule has 3 unspecified atom stereocenters. The van der Waals surface area contributed by atoms with E-state index in [0.717, 1.165) is 5.56 Å². The van der Waals surface area contributed by atoms with E-state index in [0.29, 0.717) is 12.8 Å². The number of carbonyl (C=O) groups is 4. The van der Waals surface area contributed by atoms with Gasteiger partial charge < -0.3 is 25.2 Å². The van der Waals surface area contributed by atoms with Gasteiger partial charge in [-0.05, 0) is 31.7 Å². The standard InChI is InChI=1S/C24H32N2O7/c1-17(14-27)25-21(28)13-19-11-7-2-3-8-12-22(29)32-16-20(26-23(19)30)24(31)33-15-18-9-5-4-6-10-18/h2,4-7,9-10,17,19-20,27H,3,8,11-16H2,1H3,(H,25,28)(H,26,30). The Labute approximate surface area is 193 Å². The zero-order valence-corrected chi connectivity index (χ0v) is 18.8. The van der Waals surface area contributed by atoms with Crippen molar-refractivity contribution in [3.05, 3.63) is 48.0 Å². The van der Waals surface area contributed by atoms with Crippen LogP contribution in [0.5, 0.6) is 0 Å². The van der Waals surface area contributed by atoms with Gasteiger partial charge in [0.15, 0.2) is 6.04 Å². The van der Waals surface area contributed by atoms with Crippen LogP contribution in [0.15, 0.2) is 42.5 Å². The summed E-state index contributed by atoms with van der Waals surface area (Å²) in [6.07, 6.45) is 5.19. The molecule has 0 aliphatic carbocycles. The van der Waals surface area contributed by atoms with Crippen LogP contribution in [0.3, 0.4) is 0 Å². The first kappa shape index (κ1) is 26.1. The lowest BCUT2D eigenvalue weighted by Gasteiger charge is -2.21. The summed E-state index contributed by atoms with van der Waals surface area (Å²) in [5, 5.41) is 14.3. The van der Waals surface area contributed by atoms with Crippen LogP contribution in [0.25, 0.3) is 0 Å². The number of amides is 2. The second-order valence-electron chi connectivity index (χ2n) is 7.99. The third-order valence-electron chi connectivity index (χ3n) is 5.06. The van der Waals surface area contributed by atoms with E-state index in [-0.39, 0.29) is 45.0 Å². The average Bonchev–Trinajstić information content (AvgIpc) is 2.82. The number of carbonyl (C=O) groups excluding carboxylic acids is 4. The fraction of sp³-hybridized carbons (Fsp3) is 0.500. The summed E-state index contributed by atoms with van der Waals surface area (Å²) >= 11 is 0. The van der Waals surface area contributed by atoms with Crippen LogP contribution in [0, 0.1) is 5.92 Å². The molecule has 1 aliphatic heterocycles. The quantitative estimate of drug-likeness (QED) is 0.414. The Bertz CT molecular complexity index is 825. The second kappa shape index (κ2) is 14.1. The van der Waals surface area contributed by atoms with Gasteiger partial charge >= 0.3 is 11.9 Å². The molecule has 0 aromatic heterocycles.